The number of nitro benzene ring substituents is 1. The van der Waals surface area contributed by atoms with Crippen molar-refractivity contribution in [2.75, 3.05) is 19.9 Å². The number of benzene rings is 2. The quantitative estimate of drug-likeness (QED) is 0.279. The first kappa shape index (κ1) is 21.9. The standard InChI is InChI=1S/C23H25N5O4S/c29-28(30)20-10-18-14-31-16-32-22(18)19(11-20)15-33-23-25-24-21(13-26-8-4-5-9-26)27(23)12-17-6-2-1-3-7-17/h1-3,6-7,10-11H,4-5,8-9,12-16H2. The van der Waals surface area contributed by atoms with Crippen LogP contribution in [0.15, 0.2) is 47.6 Å². The highest BCUT2D eigenvalue weighted by molar-refractivity contribution is 7.98. The molecule has 5 rings (SSSR count). The Hall–Kier alpha value is -2.95. The van der Waals surface area contributed by atoms with Gasteiger partial charge in [0.2, 0.25) is 0 Å². The summed E-state index contributed by atoms with van der Waals surface area (Å²) in [7, 11) is 0. The Labute approximate surface area is 195 Å². The molecule has 1 saturated heterocycles. The number of likely N-dealkylation sites (tertiary alicyclic amines) is 1. The fourth-order valence-electron chi connectivity index (χ4n) is 4.24. The number of hydrogen-bond donors (Lipinski definition) is 0. The molecule has 0 aliphatic carbocycles. The lowest BCUT2D eigenvalue weighted by atomic mass is 10.1. The van der Waals surface area contributed by atoms with E-state index in [9.17, 15) is 10.1 Å². The van der Waals surface area contributed by atoms with Gasteiger partial charge in [-0.05, 0) is 31.5 Å². The van der Waals surface area contributed by atoms with Crippen molar-refractivity contribution in [2.45, 2.75) is 43.4 Å². The third-order valence-electron chi connectivity index (χ3n) is 5.88. The molecule has 0 bridgehead atoms. The van der Waals surface area contributed by atoms with Crippen LogP contribution >= 0.6 is 11.8 Å². The first-order valence-corrected chi connectivity index (χ1v) is 12.0. The molecule has 9 nitrogen and oxygen atoms in total. The second kappa shape index (κ2) is 9.90. The lowest BCUT2D eigenvalue weighted by Crippen LogP contribution is -2.21. The minimum Gasteiger partial charge on any atom is -0.467 e. The third-order valence-corrected chi connectivity index (χ3v) is 6.90. The van der Waals surface area contributed by atoms with Crippen LogP contribution in [0.5, 0.6) is 5.75 Å². The van der Waals surface area contributed by atoms with Crippen LogP contribution < -0.4 is 4.74 Å². The summed E-state index contributed by atoms with van der Waals surface area (Å²) in [6, 6.07) is 13.4. The van der Waals surface area contributed by atoms with Crippen LogP contribution in [0.25, 0.3) is 0 Å². The van der Waals surface area contributed by atoms with E-state index in [-0.39, 0.29) is 17.4 Å². The maximum absolute atomic E-state index is 11.4. The first-order chi connectivity index (χ1) is 16.2. The molecule has 3 heterocycles. The SMILES string of the molecule is O=[N+]([O-])c1cc2c(c(CSc3nnc(CN4CCCC4)n3Cc3ccccc3)c1)OCOC2. The molecule has 33 heavy (non-hydrogen) atoms. The summed E-state index contributed by atoms with van der Waals surface area (Å²) in [5.74, 6) is 2.10. The van der Waals surface area contributed by atoms with Crippen molar-refractivity contribution in [3.63, 3.8) is 0 Å². The van der Waals surface area contributed by atoms with Gasteiger partial charge in [-0.15, -0.1) is 10.2 Å². The zero-order valence-electron chi connectivity index (χ0n) is 18.2. The van der Waals surface area contributed by atoms with Gasteiger partial charge in [-0.25, -0.2) is 0 Å². The number of rotatable bonds is 8. The molecular formula is C23H25N5O4S. The fraction of sp³-hybridized carbons (Fsp3) is 0.391. The summed E-state index contributed by atoms with van der Waals surface area (Å²) < 4.78 is 13.2. The first-order valence-electron chi connectivity index (χ1n) is 11.0. The van der Waals surface area contributed by atoms with Gasteiger partial charge in [0.25, 0.3) is 5.69 Å². The largest absolute Gasteiger partial charge is 0.467 e. The fourth-order valence-corrected chi connectivity index (χ4v) is 5.17. The normalized spacial score (nSPS) is 15.9. The van der Waals surface area contributed by atoms with Gasteiger partial charge >= 0.3 is 0 Å². The Morgan fingerprint density at radius 3 is 2.70 bits per heavy atom. The average Bonchev–Trinajstić information content (AvgIpc) is 3.48. The van der Waals surface area contributed by atoms with E-state index in [2.05, 4.69) is 31.8 Å². The van der Waals surface area contributed by atoms with Crippen LogP contribution in [0.3, 0.4) is 0 Å². The van der Waals surface area contributed by atoms with E-state index < -0.39 is 0 Å². The van der Waals surface area contributed by atoms with Gasteiger partial charge in [0.1, 0.15) is 11.6 Å². The molecule has 2 aliphatic rings. The summed E-state index contributed by atoms with van der Waals surface area (Å²) in [5.41, 5.74) is 2.68. The lowest BCUT2D eigenvalue weighted by molar-refractivity contribution is -0.385. The van der Waals surface area contributed by atoms with Crippen LogP contribution in [0, 0.1) is 10.1 Å². The van der Waals surface area contributed by atoms with Crippen molar-refractivity contribution in [1.29, 1.82) is 0 Å². The number of hydrogen-bond acceptors (Lipinski definition) is 8. The number of fused-ring (bicyclic) bond motifs is 1. The van der Waals surface area contributed by atoms with E-state index in [1.807, 2.05) is 18.2 Å². The zero-order valence-corrected chi connectivity index (χ0v) is 19.0. The molecule has 2 aliphatic heterocycles. The Morgan fingerprint density at radius 1 is 1.09 bits per heavy atom. The van der Waals surface area contributed by atoms with Crippen LogP contribution in [-0.2, 0) is 30.2 Å². The van der Waals surface area contributed by atoms with Crippen molar-refractivity contribution in [3.8, 4) is 5.75 Å². The summed E-state index contributed by atoms with van der Waals surface area (Å²) in [4.78, 5) is 13.5. The molecule has 2 aromatic carbocycles. The smallest absolute Gasteiger partial charge is 0.270 e. The Morgan fingerprint density at radius 2 is 1.91 bits per heavy atom. The Bertz CT molecular complexity index is 1130. The molecule has 1 fully saturated rings. The molecule has 3 aromatic rings. The molecule has 0 saturated carbocycles. The van der Waals surface area contributed by atoms with Crippen molar-refractivity contribution in [3.05, 3.63) is 75.1 Å². The van der Waals surface area contributed by atoms with E-state index in [4.69, 9.17) is 9.47 Å². The predicted molar refractivity (Wildman–Crippen MR) is 123 cm³/mol. The number of aromatic nitrogens is 3. The van der Waals surface area contributed by atoms with Gasteiger partial charge in [0.05, 0.1) is 24.6 Å². The van der Waals surface area contributed by atoms with Gasteiger partial charge in [0, 0.05) is 29.0 Å². The number of nitro groups is 1. The minimum absolute atomic E-state index is 0.0407. The molecular weight excluding hydrogens is 442 g/mol. The number of nitrogens with zero attached hydrogens (tertiary/aromatic N) is 5. The van der Waals surface area contributed by atoms with Crippen LogP contribution in [0.2, 0.25) is 0 Å². The summed E-state index contributed by atoms with van der Waals surface area (Å²) >= 11 is 1.52. The van der Waals surface area contributed by atoms with Crippen molar-refractivity contribution in [1.82, 2.24) is 19.7 Å². The monoisotopic (exact) mass is 467 g/mol. The van der Waals surface area contributed by atoms with Gasteiger partial charge in [-0.2, -0.15) is 0 Å². The maximum atomic E-state index is 11.4. The van der Waals surface area contributed by atoms with E-state index in [1.165, 1.54) is 36.2 Å². The topological polar surface area (TPSA) is 95.6 Å². The Kier molecular flexibility index (Phi) is 6.56. The highest BCUT2D eigenvalue weighted by Gasteiger charge is 2.23. The van der Waals surface area contributed by atoms with E-state index in [0.717, 1.165) is 36.2 Å². The third kappa shape index (κ3) is 5.02. The summed E-state index contributed by atoms with van der Waals surface area (Å²) in [6.07, 6.45) is 2.44. The van der Waals surface area contributed by atoms with Gasteiger partial charge in [-0.3, -0.25) is 15.0 Å². The van der Waals surface area contributed by atoms with Crippen molar-refractivity contribution < 1.29 is 14.4 Å². The molecule has 0 amide bonds. The molecule has 0 N–H and O–H groups in total. The van der Waals surface area contributed by atoms with Gasteiger partial charge in [0.15, 0.2) is 11.9 Å². The molecule has 0 unspecified atom stereocenters. The molecule has 0 radical (unpaired) electrons. The lowest BCUT2D eigenvalue weighted by Gasteiger charge is -2.20. The Balaban J connectivity index is 1.41. The van der Waals surface area contributed by atoms with Gasteiger partial charge < -0.3 is 14.0 Å². The van der Waals surface area contributed by atoms with Crippen molar-refractivity contribution in [2.24, 2.45) is 0 Å². The second-order valence-electron chi connectivity index (χ2n) is 8.20. The van der Waals surface area contributed by atoms with Crippen LogP contribution in [0.4, 0.5) is 5.69 Å². The molecule has 0 spiro atoms. The van der Waals surface area contributed by atoms with E-state index >= 15 is 0 Å². The molecule has 172 valence electrons. The number of thioether (sulfide) groups is 1. The predicted octanol–water partition coefficient (Wildman–Crippen LogP) is 3.99. The molecule has 0 atom stereocenters. The van der Waals surface area contributed by atoms with Crippen LogP contribution in [0.1, 0.15) is 35.4 Å². The minimum atomic E-state index is -0.380. The molecule has 10 heteroatoms. The number of non-ortho nitro benzene ring substituents is 1. The zero-order chi connectivity index (χ0) is 22.6. The van der Waals surface area contributed by atoms with Crippen molar-refractivity contribution >= 4 is 17.4 Å². The highest BCUT2D eigenvalue weighted by atomic mass is 32.2. The highest BCUT2D eigenvalue weighted by Crippen LogP contribution is 2.36. The average molecular weight is 468 g/mol. The van der Waals surface area contributed by atoms with Gasteiger partial charge in [-0.1, -0.05) is 42.1 Å². The van der Waals surface area contributed by atoms with E-state index in [0.29, 0.717) is 30.2 Å². The maximum Gasteiger partial charge on any atom is 0.270 e. The summed E-state index contributed by atoms with van der Waals surface area (Å²) in [5, 5.41) is 21.2. The second-order valence-corrected chi connectivity index (χ2v) is 9.15. The summed E-state index contributed by atoms with van der Waals surface area (Å²) in [6.45, 7) is 4.06. The van der Waals surface area contributed by atoms with Crippen LogP contribution in [-0.4, -0.2) is 44.5 Å². The van der Waals surface area contributed by atoms with E-state index in [1.54, 1.807) is 6.07 Å². The molecule has 1 aromatic heterocycles. The number of ether oxygens (including phenoxy) is 2.